The van der Waals surface area contributed by atoms with Gasteiger partial charge < -0.3 is 10.2 Å². The summed E-state index contributed by atoms with van der Waals surface area (Å²) in [5, 5.41) is 3.51. The van der Waals surface area contributed by atoms with Crippen molar-refractivity contribution in [3.05, 3.63) is 82.8 Å². The smallest absolute Gasteiger partial charge is 0.255 e. The standard InChI is InChI=1S/C23H23N3O/c1-25-21-9-11-24-15-20(21)19-8-7-18(14-22(19)25)26-12-10-17(13-23(26)27)16-5-3-2-4-6-16/h2-8,10,12-14,20-21,24H,9,11,15H2,1H3. The fraction of sp³-hybridized carbons (Fsp3) is 0.261. The fourth-order valence-corrected chi connectivity index (χ4v) is 4.61. The number of nitrogens with one attached hydrogen (secondary N) is 1. The number of aromatic nitrogens is 1. The van der Waals surface area contributed by atoms with E-state index in [0.29, 0.717) is 12.0 Å². The summed E-state index contributed by atoms with van der Waals surface area (Å²) in [6.45, 7) is 2.11. The van der Waals surface area contributed by atoms with Gasteiger partial charge in [-0.15, -0.1) is 0 Å². The number of anilines is 1. The molecule has 0 saturated carbocycles. The van der Waals surface area contributed by atoms with E-state index in [0.717, 1.165) is 36.3 Å². The van der Waals surface area contributed by atoms with Gasteiger partial charge in [0.1, 0.15) is 0 Å². The van der Waals surface area contributed by atoms with Gasteiger partial charge in [0.2, 0.25) is 0 Å². The van der Waals surface area contributed by atoms with Crippen LogP contribution < -0.4 is 15.8 Å². The van der Waals surface area contributed by atoms with E-state index in [4.69, 9.17) is 0 Å². The molecule has 5 rings (SSSR count). The number of nitrogens with zero attached hydrogens (tertiary/aromatic N) is 2. The Morgan fingerprint density at radius 2 is 1.85 bits per heavy atom. The Labute approximate surface area is 159 Å². The molecule has 0 spiro atoms. The molecule has 4 nitrogen and oxygen atoms in total. The minimum absolute atomic E-state index is 0.00367. The van der Waals surface area contributed by atoms with Crippen LogP contribution in [0.3, 0.4) is 0 Å². The Balaban J connectivity index is 1.53. The van der Waals surface area contributed by atoms with Gasteiger partial charge >= 0.3 is 0 Å². The molecule has 0 aliphatic carbocycles. The van der Waals surface area contributed by atoms with Crippen molar-refractivity contribution in [2.75, 3.05) is 25.0 Å². The lowest BCUT2D eigenvalue weighted by Gasteiger charge is -2.31. The lowest BCUT2D eigenvalue weighted by molar-refractivity contribution is 0.413. The molecule has 1 fully saturated rings. The van der Waals surface area contributed by atoms with Crippen LogP contribution in [-0.4, -0.2) is 30.7 Å². The molecular formula is C23H23N3O. The van der Waals surface area contributed by atoms with Gasteiger partial charge in [0, 0.05) is 43.5 Å². The minimum atomic E-state index is -0.00367. The fourth-order valence-electron chi connectivity index (χ4n) is 4.61. The number of hydrogen-bond donors (Lipinski definition) is 1. The molecule has 2 aromatic carbocycles. The number of pyridine rings is 1. The molecule has 2 aliphatic rings. The van der Waals surface area contributed by atoms with Gasteiger partial charge in [-0.2, -0.15) is 0 Å². The maximum Gasteiger partial charge on any atom is 0.255 e. The van der Waals surface area contributed by atoms with Crippen molar-refractivity contribution in [2.45, 2.75) is 18.4 Å². The van der Waals surface area contributed by atoms with Crippen molar-refractivity contribution in [3.63, 3.8) is 0 Å². The summed E-state index contributed by atoms with van der Waals surface area (Å²) < 4.78 is 1.74. The van der Waals surface area contributed by atoms with E-state index in [1.807, 2.05) is 42.6 Å². The van der Waals surface area contributed by atoms with Crippen LogP contribution in [0.2, 0.25) is 0 Å². The number of rotatable bonds is 2. The first-order valence-electron chi connectivity index (χ1n) is 9.58. The second-order valence-corrected chi connectivity index (χ2v) is 7.51. The van der Waals surface area contributed by atoms with E-state index in [-0.39, 0.29) is 5.56 Å². The van der Waals surface area contributed by atoms with Gasteiger partial charge in [-0.25, -0.2) is 0 Å². The van der Waals surface area contributed by atoms with Gasteiger partial charge in [-0.3, -0.25) is 9.36 Å². The van der Waals surface area contributed by atoms with Crippen molar-refractivity contribution < 1.29 is 0 Å². The zero-order chi connectivity index (χ0) is 18.4. The predicted octanol–water partition coefficient (Wildman–Crippen LogP) is 3.40. The third-order valence-corrected chi connectivity index (χ3v) is 6.04. The average Bonchev–Trinajstić information content (AvgIpc) is 3.01. The maximum atomic E-state index is 12.8. The first kappa shape index (κ1) is 16.3. The van der Waals surface area contributed by atoms with Gasteiger partial charge in [0.15, 0.2) is 0 Å². The largest absolute Gasteiger partial charge is 0.371 e. The number of fused-ring (bicyclic) bond motifs is 3. The van der Waals surface area contributed by atoms with Gasteiger partial charge in [-0.1, -0.05) is 36.4 Å². The molecule has 3 heterocycles. The van der Waals surface area contributed by atoms with E-state index < -0.39 is 0 Å². The molecule has 0 amide bonds. The SMILES string of the molecule is CN1c2cc(-n3ccc(-c4ccccc4)cc3=O)ccc2C2CNCCC21. The lowest BCUT2D eigenvalue weighted by Crippen LogP contribution is -2.42. The summed E-state index contributed by atoms with van der Waals surface area (Å²) in [5.74, 6) is 0.546. The van der Waals surface area contributed by atoms with Crippen molar-refractivity contribution in [3.8, 4) is 16.8 Å². The number of likely N-dealkylation sites (N-methyl/N-ethyl adjacent to an activating group) is 1. The lowest BCUT2D eigenvalue weighted by atomic mass is 9.90. The minimum Gasteiger partial charge on any atom is -0.371 e. The Kier molecular flexibility index (Phi) is 3.87. The Bertz CT molecular complexity index is 1040. The normalized spacial score (nSPS) is 21.0. The first-order valence-corrected chi connectivity index (χ1v) is 9.58. The summed E-state index contributed by atoms with van der Waals surface area (Å²) in [4.78, 5) is 15.2. The van der Waals surface area contributed by atoms with Gasteiger partial charge in [0.25, 0.3) is 5.56 Å². The molecule has 0 radical (unpaired) electrons. The van der Waals surface area contributed by atoms with Crippen LogP contribution in [-0.2, 0) is 0 Å². The zero-order valence-electron chi connectivity index (χ0n) is 15.4. The van der Waals surface area contributed by atoms with Crippen LogP contribution in [0.5, 0.6) is 0 Å². The molecule has 136 valence electrons. The number of piperidine rings is 1. The molecule has 3 aromatic rings. The second-order valence-electron chi connectivity index (χ2n) is 7.51. The maximum absolute atomic E-state index is 12.8. The van der Waals surface area contributed by atoms with E-state index in [1.54, 1.807) is 10.6 Å². The monoisotopic (exact) mass is 357 g/mol. The highest BCUT2D eigenvalue weighted by molar-refractivity contribution is 5.66. The summed E-state index contributed by atoms with van der Waals surface area (Å²) >= 11 is 0. The van der Waals surface area contributed by atoms with Crippen LogP contribution in [0.15, 0.2) is 71.7 Å². The molecule has 2 atom stereocenters. The first-order chi connectivity index (χ1) is 13.2. The number of hydrogen-bond acceptors (Lipinski definition) is 3. The summed E-state index contributed by atoms with van der Waals surface area (Å²) in [6, 6.07) is 20.8. The highest BCUT2D eigenvalue weighted by atomic mass is 16.1. The highest BCUT2D eigenvalue weighted by Crippen LogP contribution is 2.42. The third-order valence-electron chi connectivity index (χ3n) is 6.04. The van der Waals surface area contributed by atoms with E-state index in [9.17, 15) is 4.79 Å². The number of benzene rings is 2. The molecule has 1 aromatic heterocycles. The molecule has 27 heavy (non-hydrogen) atoms. The van der Waals surface area contributed by atoms with Crippen molar-refractivity contribution in [2.24, 2.45) is 0 Å². The summed E-state index contributed by atoms with van der Waals surface area (Å²) in [5.41, 5.74) is 5.59. The van der Waals surface area contributed by atoms with Crippen molar-refractivity contribution >= 4 is 5.69 Å². The van der Waals surface area contributed by atoms with Crippen molar-refractivity contribution in [1.82, 2.24) is 9.88 Å². The van der Waals surface area contributed by atoms with Crippen LogP contribution in [0.4, 0.5) is 5.69 Å². The van der Waals surface area contributed by atoms with E-state index >= 15 is 0 Å². The van der Waals surface area contributed by atoms with Crippen LogP contribution in [0.25, 0.3) is 16.8 Å². The molecule has 0 bridgehead atoms. The topological polar surface area (TPSA) is 37.3 Å². The molecular weight excluding hydrogens is 334 g/mol. The quantitative estimate of drug-likeness (QED) is 0.764. The van der Waals surface area contributed by atoms with Gasteiger partial charge in [-0.05, 0) is 47.9 Å². The molecule has 2 unspecified atom stereocenters. The summed E-state index contributed by atoms with van der Waals surface area (Å²) in [6.07, 6.45) is 3.05. The highest BCUT2D eigenvalue weighted by Gasteiger charge is 2.37. The Hall–Kier alpha value is -2.85. The van der Waals surface area contributed by atoms with E-state index in [1.165, 1.54) is 11.3 Å². The second kappa shape index (κ2) is 6.39. The van der Waals surface area contributed by atoms with Crippen LogP contribution >= 0.6 is 0 Å². The average molecular weight is 357 g/mol. The van der Waals surface area contributed by atoms with Crippen LogP contribution in [0, 0.1) is 0 Å². The summed E-state index contributed by atoms with van der Waals surface area (Å²) in [7, 11) is 2.18. The Morgan fingerprint density at radius 1 is 1.00 bits per heavy atom. The molecule has 1 N–H and O–H groups in total. The van der Waals surface area contributed by atoms with Crippen molar-refractivity contribution in [1.29, 1.82) is 0 Å². The zero-order valence-corrected chi connectivity index (χ0v) is 15.4. The Morgan fingerprint density at radius 3 is 2.67 bits per heavy atom. The molecule has 1 saturated heterocycles. The van der Waals surface area contributed by atoms with E-state index in [2.05, 4.69) is 35.5 Å². The van der Waals surface area contributed by atoms with Gasteiger partial charge in [0.05, 0.1) is 5.69 Å². The molecule has 2 aliphatic heterocycles. The van der Waals surface area contributed by atoms with Crippen LogP contribution in [0.1, 0.15) is 17.9 Å². The third kappa shape index (κ3) is 2.68. The predicted molar refractivity (Wildman–Crippen MR) is 110 cm³/mol. The molecule has 4 heteroatoms.